The van der Waals surface area contributed by atoms with E-state index in [0.717, 1.165) is 31.5 Å². The smallest absolute Gasteiger partial charge is 0.310 e. The van der Waals surface area contributed by atoms with Crippen molar-refractivity contribution >= 4 is 23.5 Å². The molecule has 1 N–H and O–H groups in total. The average molecular weight is 345 g/mol. The molecule has 1 aromatic carbocycles. The summed E-state index contributed by atoms with van der Waals surface area (Å²) in [4.78, 5) is 39.3. The molecular formula is C19H25N2O4+. The average Bonchev–Trinajstić information content (AvgIpc) is 2.91. The van der Waals surface area contributed by atoms with Crippen molar-refractivity contribution in [3.05, 3.63) is 29.8 Å². The number of nitrogens with one attached hydrogen (secondary N) is 1. The molecule has 3 rings (SSSR count). The van der Waals surface area contributed by atoms with Gasteiger partial charge < -0.3 is 9.64 Å². The second kappa shape index (κ2) is 7.78. The topological polar surface area (TPSA) is 68.1 Å². The van der Waals surface area contributed by atoms with Crippen LogP contribution in [0.4, 0.5) is 5.69 Å². The number of hydrogen-bond donors (Lipinski definition) is 1. The van der Waals surface area contributed by atoms with Gasteiger partial charge in [0, 0.05) is 0 Å². The van der Waals surface area contributed by atoms with Crippen molar-refractivity contribution in [3.8, 4) is 0 Å². The number of imide groups is 1. The zero-order valence-corrected chi connectivity index (χ0v) is 14.6. The molecule has 2 amide bonds. The summed E-state index contributed by atoms with van der Waals surface area (Å²) >= 11 is 0. The molecule has 6 nitrogen and oxygen atoms in total. The van der Waals surface area contributed by atoms with Crippen molar-refractivity contribution in [2.45, 2.75) is 45.1 Å². The molecular weight excluding hydrogens is 320 g/mol. The zero-order valence-electron chi connectivity index (χ0n) is 14.6. The van der Waals surface area contributed by atoms with E-state index >= 15 is 0 Å². The van der Waals surface area contributed by atoms with E-state index in [2.05, 4.69) is 0 Å². The number of piperidine rings is 1. The third kappa shape index (κ3) is 3.90. The van der Waals surface area contributed by atoms with Crippen LogP contribution in [0.5, 0.6) is 0 Å². The van der Waals surface area contributed by atoms with Gasteiger partial charge in [-0.1, -0.05) is 12.1 Å². The third-order valence-corrected chi connectivity index (χ3v) is 4.98. The second-order valence-corrected chi connectivity index (χ2v) is 6.69. The summed E-state index contributed by atoms with van der Waals surface area (Å²) in [5, 5.41) is 0. The number of anilines is 1. The number of carbonyl (C=O) groups excluding carboxylic acids is 3. The molecule has 0 aliphatic carbocycles. The van der Waals surface area contributed by atoms with Crippen molar-refractivity contribution in [1.82, 2.24) is 0 Å². The first-order valence-corrected chi connectivity index (χ1v) is 9.06. The molecule has 6 heteroatoms. The van der Waals surface area contributed by atoms with E-state index in [1.54, 1.807) is 31.2 Å². The van der Waals surface area contributed by atoms with Gasteiger partial charge in [0.15, 0.2) is 6.04 Å². The normalized spacial score (nSPS) is 21.6. The minimum atomic E-state index is -0.280. The first-order valence-electron chi connectivity index (χ1n) is 9.06. The van der Waals surface area contributed by atoms with Gasteiger partial charge in [-0.05, 0) is 43.9 Å². The van der Waals surface area contributed by atoms with Crippen LogP contribution in [0.15, 0.2) is 24.3 Å². The fraction of sp³-hybridized carbons (Fsp3) is 0.526. The number of hydrogen-bond acceptors (Lipinski definition) is 4. The molecule has 0 radical (unpaired) electrons. The Bertz CT molecular complexity index is 650. The first-order chi connectivity index (χ1) is 12.1. The number of benzene rings is 1. The highest BCUT2D eigenvalue weighted by Gasteiger charge is 2.45. The van der Waals surface area contributed by atoms with Crippen LogP contribution in [-0.2, 0) is 25.5 Å². The van der Waals surface area contributed by atoms with Crippen LogP contribution < -0.4 is 9.80 Å². The van der Waals surface area contributed by atoms with E-state index in [-0.39, 0.29) is 30.2 Å². The van der Waals surface area contributed by atoms with Gasteiger partial charge in [0.2, 0.25) is 5.91 Å². The number of ether oxygens (including phenoxy) is 1. The van der Waals surface area contributed by atoms with Gasteiger partial charge in [0.25, 0.3) is 5.91 Å². The lowest BCUT2D eigenvalue weighted by atomic mass is 10.1. The Morgan fingerprint density at radius 3 is 2.48 bits per heavy atom. The quantitative estimate of drug-likeness (QED) is 0.623. The fourth-order valence-electron chi connectivity index (χ4n) is 3.72. The standard InChI is InChI=1S/C19H24N2O4/c1-2-25-18(23)12-14-6-8-15(9-7-14)21-17(22)13-16(19(21)24)20-10-4-3-5-11-20/h6-9,16H,2-5,10-13H2,1H3/p+1/t16-/m1/s1. The van der Waals surface area contributed by atoms with E-state index in [0.29, 0.717) is 18.7 Å². The van der Waals surface area contributed by atoms with Gasteiger partial charge in [0.05, 0.1) is 38.2 Å². The predicted molar refractivity (Wildman–Crippen MR) is 92.2 cm³/mol. The van der Waals surface area contributed by atoms with Gasteiger partial charge in [-0.25, -0.2) is 4.90 Å². The van der Waals surface area contributed by atoms with Gasteiger partial charge in [-0.2, -0.15) is 0 Å². The number of amides is 2. The van der Waals surface area contributed by atoms with Crippen LogP contribution in [0.2, 0.25) is 0 Å². The van der Waals surface area contributed by atoms with Crippen molar-refractivity contribution in [2.24, 2.45) is 0 Å². The zero-order chi connectivity index (χ0) is 17.8. The maximum absolute atomic E-state index is 12.8. The summed E-state index contributed by atoms with van der Waals surface area (Å²) in [5.41, 5.74) is 1.39. The van der Waals surface area contributed by atoms with E-state index in [9.17, 15) is 14.4 Å². The van der Waals surface area contributed by atoms with Crippen LogP contribution in [0.25, 0.3) is 0 Å². The number of esters is 1. The summed E-state index contributed by atoms with van der Waals surface area (Å²) in [6, 6.07) is 6.77. The van der Waals surface area contributed by atoms with Crippen LogP contribution in [0.1, 0.15) is 38.2 Å². The molecule has 2 heterocycles. The largest absolute Gasteiger partial charge is 0.466 e. The van der Waals surface area contributed by atoms with Crippen LogP contribution in [-0.4, -0.2) is 43.5 Å². The van der Waals surface area contributed by atoms with Crippen molar-refractivity contribution in [2.75, 3.05) is 24.6 Å². The lowest BCUT2D eigenvalue weighted by Crippen LogP contribution is -3.17. The lowest BCUT2D eigenvalue weighted by Gasteiger charge is -2.27. The highest BCUT2D eigenvalue weighted by atomic mass is 16.5. The molecule has 0 spiro atoms. The Balaban J connectivity index is 1.69. The first kappa shape index (κ1) is 17.6. The molecule has 134 valence electrons. The highest BCUT2D eigenvalue weighted by Crippen LogP contribution is 2.23. The van der Waals surface area contributed by atoms with Gasteiger partial charge >= 0.3 is 5.97 Å². The molecule has 2 fully saturated rings. The molecule has 2 saturated heterocycles. The number of likely N-dealkylation sites (tertiary alicyclic amines) is 1. The highest BCUT2D eigenvalue weighted by molar-refractivity contribution is 6.21. The van der Waals surface area contributed by atoms with Gasteiger partial charge in [-0.3, -0.25) is 14.4 Å². The molecule has 0 bridgehead atoms. The number of nitrogens with zero attached hydrogens (tertiary/aromatic N) is 1. The summed E-state index contributed by atoms with van der Waals surface area (Å²) in [5.74, 6) is -0.511. The summed E-state index contributed by atoms with van der Waals surface area (Å²) in [7, 11) is 0. The van der Waals surface area contributed by atoms with E-state index in [1.807, 2.05) is 0 Å². The van der Waals surface area contributed by atoms with E-state index in [4.69, 9.17) is 4.74 Å². The molecule has 1 atom stereocenters. The number of rotatable bonds is 5. The Labute approximate surface area is 147 Å². The Morgan fingerprint density at radius 1 is 1.16 bits per heavy atom. The molecule has 2 aliphatic heterocycles. The minimum absolute atomic E-state index is 0.0972. The van der Waals surface area contributed by atoms with E-state index in [1.165, 1.54) is 16.2 Å². The fourth-order valence-corrected chi connectivity index (χ4v) is 3.72. The monoisotopic (exact) mass is 345 g/mol. The molecule has 2 aliphatic rings. The van der Waals surface area contributed by atoms with Crippen LogP contribution >= 0.6 is 0 Å². The lowest BCUT2D eigenvalue weighted by molar-refractivity contribution is -0.919. The Hall–Kier alpha value is -2.21. The Kier molecular flexibility index (Phi) is 5.48. The van der Waals surface area contributed by atoms with Crippen molar-refractivity contribution in [1.29, 1.82) is 0 Å². The number of carbonyl (C=O) groups is 3. The van der Waals surface area contributed by atoms with Gasteiger partial charge in [0.1, 0.15) is 0 Å². The van der Waals surface area contributed by atoms with Crippen molar-refractivity contribution < 1.29 is 24.0 Å². The summed E-state index contributed by atoms with van der Waals surface area (Å²) < 4.78 is 4.93. The summed E-state index contributed by atoms with van der Waals surface area (Å²) in [6.07, 6.45) is 3.94. The minimum Gasteiger partial charge on any atom is -0.466 e. The molecule has 0 aromatic heterocycles. The Morgan fingerprint density at radius 2 is 1.84 bits per heavy atom. The number of quaternary nitrogens is 1. The second-order valence-electron chi connectivity index (χ2n) is 6.69. The molecule has 1 aromatic rings. The van der Waals surface area contributed by atoms with Crippen LogP contribution in [0, 0.1) is 0 Å². The van der Waals surface area contributed by atoms with Gasteiger partial charge in [-0.15, -0.1) is 0 Å². The molecule has 0 unspecified atom stereocenters. The SMILES string of the molecule is CCOC(=O)Cc1ccc(N2C(=O)C[C@@H]([NH+]3CCCCC3)C2=O)cc1. The third-order valence-electron chi connectivity index (χ3n) is 4.98. The van der Waals surface area contributed by atoms with Crippen LogP contribution in [0.3, 0.4) is 0 Å². The van der Waals surface area contributed by atoms with E-state index < -0.39 is 0 Å². The summed E-state index contributed by atoms with van der Waals surface area (Å²) in [6.45, 7) is 4.06. The van der Waals surface area contributed by atoms with Crippen molar-refractivity contribution in [3.63, 3.8) is 0 Å². The maximum atomic E-state index is 12.8. The maximum Gasteiger partial charge on any atom is 0.310 e. The predicted octanol–water partition coefficient (Wildman–Crippen LogP) is 0.493. The molecule has 0 saturated carbocycles. The molecule has 25 heavy (non-hydrogen) atoms.